The number of aryl methyl sites for hydroxylation is 2. The molecule has 1 aliphatic rings. The standard InChI is InChI=1S/C23H26ClN3O2/c1-17-6-5-7-18(2)23(17)25-21(28)16-26-12-14-27(15-13-26)22(29)11-10-19-8-3-4-9-20(19)24/h3-11H,12-16H2,1-2H3,(H,25,28)/p+1/b11-10+. The van der Waals surface area contributed by atoms with E-state index in [4.69, 9.17) is 11.6 Å². The SMILES string of the molecule is Cc1cccc(C)c1NC(=O)C[NH+]1CCN(C(=O)/C=C/c2ccccc2Cl)CC1. The molecule has 0 saturated carbocycles. The third-order valence-corrected chi connectivity index (χ3v) is 5.59. The quantitative estimate of drug-likeness (QED) is 0.740. The van der Waals surface area contributed by atoms with Gasteiger partial charge in [0.15, 0.2) is 6.54 Å². The van der Waals surface area contributed by atoms with Crippen molar-refractivity contribution in [2.24, 2.45) is 0 Å². The van der Waals surface area contributed by atoms with Crippen molar-refractivity contribution in [2.75, 3.05) is 38.0 Å². The van der Waals surface area contributed by atoms with Crippen LogP contribution in [-0.4, -0.2) is 49.4 Å². The van der Waals surface area contributed by atoms with Crippen molar-refractivity contribution in [3.63, 3.8) is 0 Å². The summed E-state index contributed by atoms with van der Waals surface area (Å²) in [4.78, 5) is 27.9. The van der Waals surface area contributed by atoms with Gasteiger partial charge in [-0.25, -0.2) is 0 Å². The van der Waals surface area contributed by atoms with E-state index in [1.165, 1.54) is 4.90 Å². The largest absolute Gasteiger partial charge is 0.328 e. The summed E-state index contributed by atoms with van der Waals surface area (Å²) in [5.41, 5.74) is 3.86. The summed E-state index contributed by atoms with van der Waals surface area (Å²) in [5.74, 6) is -0.0141. The lowest BCUT2D eigenvalue weighted by Crippen LogP contribution is -3.15. The minimum Gasteiger partial charge on any atom is -0.328 e. The first-order chi connectivity index (χ1) is 13.9. The lowest BCUT2D eigenvalue weighted by atomic mass is 10.1. The maximum atomic E-state index is 12.5. The first-order valence-electron chi connectivity index (χ1n) is 9.85. The molecule has 2 aromatic carbocycles. The predicted molar refractivity (Wildman–Crippen MR) is 117 cm³/mol. The monoisotopic (exact) mass is 412 g/mol. The number of piperazine rings is 1. The zero-order valence-corrected chi connectivity index (χ0v) is 17.6. The Morgan fingerprint density at radius 3 is 2.38 bits per heavy atom. The van der Waals surface area contributed by atoms with Gasteiger partial charge in [0.05, 0.1) is 26.2 Å². The highest BCUT2D eigenvalue weighted by Crippen LogP contribution is 2.19. The zero-order valence-electron chi connectivity index (χ0n) is 16.9. The number of carbonyl (C=O) groups is 2. The molecule has 6 heteroatoms. The third-order valence-electron chi connectivity index (χ3n) is 5.25. The Bertz CT molecular complexity index is 898. The summed E-state index contributed by atoms with van der Waals surface area (Å²) in [7, 11) is 0. The van der Waals surface area contributed by atoms with E-state index >= 15 is 0 Å². The fourth-order valence-corrected chi connectivity index (χ4v) is 3.72. The number of nitrogens with one attached hydrogen (secondary N) is 2. The molecule has 152 valence electrons. The average molecular weight is 413 g/mol. The molecule has 1 heterocycles. The molecule has 1 fully saturated rings. The Morgan fingerprint density at radius 2 is 1.72 bits per heavy atom. The van der Waals surface area contributed by atoms with Crippen molar-refractivity contribution < 1.29 is 14.5 Å². The van der Waals surface area contributed by atoms with Gasteiger partial charge in [0.1, 0.15) is 0 Å². The molecule has 0 atom stereocenters. The number of halogens is 1. The number of nitrogens with zero attached hydrogens (tertiary/aromatic N) is 1. The molecule has 1 saturated heterocycles. The number of hydrogen-bond donors (Lipinski definition) is 2. The van der Waals surface area contributed by atoms with Gasteiger partial charge in [-0.2, -0.15) is 0 Å². The number of anilines is 1. The fraction of sp³-hybridized carbons (Fsp3) is 0.304. The van der Waals surface area contributed by atoms with Gasteiger partial charge in [0, 0.05) is 16.8 Å². The molecule has 2 aromatic rings. The summed E-state index contributed by atoms with van der Waals surface area (Å²) < 4.78 is 0. The smallest absolute Gasteiger partial charge is 0.279 e. The van der Waals surface area contributed by atoms with Gasteiger partial charge in [-0.1, -0.05) is 48.0 Å². The third kappa shape index (κ3) is 5.68. The van der Waals surface area contributed by atoms with Gasteiger partial charge in [-0.05, 0) is 42.7 Å². The molecular formula is C23H27ClN3O2+. The predicted octanol–water partition coefficient (Wildman–Crippen LogP) is 2.34. The van der Waals surface area contributed by atoms with Gasteiger partial charge < -0.3 is 15.1 Å². The molecule has 0 radical (unpaired) electrons. The summed E-state index contributed by atoms with van der Waals surface area (Å²) in [6, 6.07) is 13.4. The van der Waals surface area contributed by atoms with E-state index in [2.05, 4.69) is 5.32 Å². The first-order valence-corrected chi connectivity index (χ1v) is 10.2. The Morgan fingerprint density at radius 1 is 1.07 bits per heavy atom. The fourth-order valence-electron chi connectivity index (χ4n) is 3.52. The summed E-state index contributed by atoms with van der Waals surface area (Å²) in [6.45, 7) is 7.18. The van der Waals surface area contributed by atoms with Crippen LogP contribution in [0.3, 0.4) is 0 Å². The van der Waals surface area contributed by atoms with Crippen LogP contribution in [0, 0.1) is 13.8 Å². The molecule has 0 aromatic heterocycles. The molecular weight excluding hydrogens is 386 g/mol. The van der Waals surface area contributed by atoms with Gasteiger partial charge in [-0.3, -0.25) is 9.59 Å². The van der Waals surface area contributed by atoms with E-state index in [1.807, 2.05) is 55.1 Å². The first kappa shape index (κ1) is 21.1. The van der Waals surface area contributed by atoms with Crippen LogP contribution in [0.5, 0.6) is 0 Å². The highest BCUT2D eigenvalue weighted by molar-refractivity contribution is 6.32. The number of amides is 2. The van der Waals surface area contributed by atoms with Crippen LogP contribution in [0.1, 0.15) is 16.7 Å². The van der Waals surface area contributed by atoms with Gasteiger partial charge >= 0.3 is 0 Å². The van der Waals surface area contributed by atoms with E-state index in [9.17, 15) is 9.59 Å². The number of hydrogen-bond acceptors (Lipinski definition) is 2. The minimum absolute atomic E-state index is 0.00999. The number of carbonyl (C=O) groups excluding carboxylic acids is 2. The summed E-state index contributed by atoms with van der Waals surface area (Å²) >= 11 is 6.12. The molecule has 0 bridgehead atoms. The minimum atomic E-state index is -0.0241. The van der Waals surface area contributed by atoms with E-state index in [1.54, 1.807) is 18.2 Å². The van der Waals surface area contributed by atoms with Gasteiger partial charge in [-0.15, -0.1) is 0 Å². The second kappa shape index (κ2) is 9.72. The van der Waals surface area contributed by atoms with E-state index in [0.717, 1.165) is 35.5 Å². The molecule has 5 nitrogen and oxygen atoms in total. The van der Waals surface area contributed by atoms with Crippen LogP contribution in [0.2, 0.25) is 5.02 Å². The van der Waals surface area contributed by atoms with E-state index < -0.39 is 0 Å². The maximum absolute atomic E-state index is 12.5. The average Bonchev–Trinajstić information content (AvgIpc) is 2.70. The molecule has 29 heavy (non-hydrogen) atoms. The lowest BCUT2D eigenvalue weighted by Gasteiger charge is -2.31. The van der Waals surface area contributed by atoms with Crippen LogP contribution in [-0.2, 0) is 9.59 Å². The molecule has 3 rings (SSSR count). The van der Waals surface area contributed by atoms with Crippen molar-refractivity contribution in [2.45, 2.75) is 13.8 Å². The Hall–Kier alpha value is -2.63. The molecule has 0 unspecified atom stereocenters. The van der Waals surface area contributed by atoms with Crippen LogP contribution in [0.15, 0.2) is 48.5 Å². The summed E-state index contributed by atoms with van der Waals surface area (Å²) in [5, 5.41) is 3.67. The van der Waals surface area contributed by atoms with Crippen molar-refractivity contribution in [3.05, 3.63) is 70.3 Å². The second-order valence-corrected chi connectivity index (χ2v) is 7.83. The number of para-hydroxylation sites is 1. The molecule has 0 aliphatic carbocycles. The molecule has 0 spiro atoms. The lowest BCUT2D eigenvalue weighted by molar-refractivity contribution is -0.895. The molecule has 2 N–H and O–H groups in total. The molecule has 2 amide bonds. The van der Waals surface area contributed by atoms with Crippen molar-refractivity contribution in [3.8, 4) is 0 Å². The second-order valence-electron chi connectivity index (χ2n) is 7.42. The Labute approximate surface area is 177 Å². The van der Waals surface area contributed by atoms with Crippen molar-refractivity contribution in [1.29, 1.82) is 0 Å². The van der Waals surface area contributed by atoms with E-state index in [0.29, 0.717) is 24.7 Å². The number of benzene rings is 2. The maximum Gasteiger partial charge on any atom is 0.279 e. The number of rotatable bonds is 5. The highest BCUT2D eigenvalue weighted by atomic mass is 35.5. The Kier molecular flexibility index (Phi) is 7.07. The van der Waals surface area contributed by atoms with E-state index in [-0.39, 0.29) is 11.8 Å². The highest BCUT2D eigenvalue weighted by Gasteiger charge is 2.24. The Balaban J connectivity index is 1.48. The van der Waals surface area contributed by atoms with Crippen LogP contribution in [0.4, 0.5) is 5.69 Å². The van der Waals surface area contributed by atoms with Crippen LogP contribution < -0.4 is 10.2 Å². The topological polar surface area (TPSA) is 53.9 Å². The van der Waals surface area contributed by atoms with Crippen molar-refractivity contribution in [1.82, 2.24) is 4.90 Å². The van der Waals surface area contributed by atoms with Crippen LogP contribution >= 0.6 is 11.6 Å². The summed E-state index contributed by atoms with van der Waals surface area (Å²) in [6.07, 6.45) is 3.32. The van der Waals surface area contributed by atoms with Crippen molar-refractivity contribution >= 4 is 35.2 Å². The van der Waals surface area contributed by atoms with Crippen LogP contribution in [0.25, 0.3) is 6.08 Å². The zero-order chi connectivity index (χ0) is 20.8. The van der Waals surface area contributed by atoms with Gasteiger partial charge in [0.25, 0.3) is 5.91 Å². The van der Waals surface area contributed by atoms with Gasteiger partial charge in [0.2, 0.25) is 5.91 Å². The number of quaternary nitrogens is 1. The normalized spacial score (nSPS) is 14.9. The molecule has 1 aliphatic heterocycles.